The van der Waals surface area contributed by atoms with E-state index in [0.29, 0.717) is 12.6 Å². The summed E-state index contributed by atoms with van der Waals surface area (Å²) in [6, 6.07) is 8.08. The Labute approximate surface area is 126 Å². The number of benzene rings is 1. The number of rotatable bonds is 2. The number of nitrogens with one attached hydrogen (secondary N) is 2. The van der Waals surface area contributed by atoms with Gasteiger partial charge in [-0.2, -0.15) is 0 Å². The van der Waals surface area contributed by atoms with Gasteiger partial charge in [0.25, 0.3) is 5.91 Å². The van der Waals surface area contributed by atoms with Crippen LogP contribution < -0.4 is 15.4 Å². The van der Waals surface area contributed by atoms with E-state index < -0.39 is 6.10 Å². The summed E-state index contributed by atoms with van der Waals surface area (Å²) in [7, 11) is 0. The third-order valence-electron chi connectivity index (χ3n) is 4.38. The maximum atomic E-state index is 12.4. The van der Waals surface area contributed by atoms with E-state index in [9.17, 15) is 4.79 Å². The average molecular weight is 288 g/mol. The number of ether oxygens (including phenoxy) is 1. The Morgan fingerprint density at radius 3 is 2.62 bits per heavy atom. The zero-order valence-corrected chi connectivity index (χ0v) is 12.4. The first kappa shape index (κ1) is 14.2. The number of carbonyl (C=O) groups excluding carboxylic acids is 1. The quantitative estimate of drug-likeness (QED) is 0.879. The smallest absolute Gasteiger partial charge is 0.263 e. The lowest BCUT2D eigenvalue weighted by atomic mass is 9.96. The molecular formula is C17H24N2O2. The highest BCUT2D eigenvalue weighted by molar-refractivity contribution is 5.83. The molecule has 1 amide bonds. The second-order valence-corrected chi connectivity index (χ2v) is 6.03. The monoisotopic (exact) mass is 288 g/mol. The largest absolute Gasteiger partial charge is 0.477 e. The fourth-order valence-corrected chi connectivity index (χ4v) is 3.15. The van der Waals surface area contributed by atoms with Crippen LogP contribution in [-0.4, -0.2) is 24.6 Å². The standard InChI is InChI=1S/C17H24N2O2/c20-17(19-13-8-4-2-1-3-5-9-13)16-12-18-14-10-6-7-11-15(14)21-16/h6-7,10-11,13,16,18H,1-5,8-9,12H2,(H,19,20). The van der Waals surface area contributed by atoms with Crippen LogP contribution in [0.5, 0.6) is 5.75 Å². The highest BCUT2D eigenvalue weighted by Crippen LogP contribution is 2.28. The lowest BCUT2D eigenvalue weighted by Gasteiger charge is -2.28. The van der Waals surface area contributed by atoms with Gasteiger partial charge in [-0.15, -0.1) is 0 Å². The Balaban J connectivity index is 1.56. The first-order valence-corrected chi connectivity index (χ1v) is 8.13. The average Bonchev–Trinajstić information content (AvgIpc) is 2.49. The molecule has 4 nitrogen and oxygen atoms in total. The summed E-state index contributed by atoms with van der Waals surface area (Å²) in [5, 5.41) is 6.45. The zero-order valence-electron chi connectivity index (χ0n) is 12.4. The van der Waals surface area contributed by atoms with E-state index in [1.165, 1.54) is 32.1 Å². The van der Waals surface area contributed by atoms with Gasteiger partial charge >= 0.3 is 0 Å². The van der Waals surface area contributed by atoms with Gasteiger partial charge in [0.15, 0.2) is 6.10 Å². The fraction of sp³-hybridized carbons (Fsp3) is 0.588. The van der Waals surface area contributed by atoms with Gasteiger partial charge < -0.3 is 15.4 Å². The Bertz CT molecular complexity index is 481. The molecule has 21 heavy (non-hydrogen) atoms. The van der Waals surface area contributed by atoms with Crippen molar-refractivity contribution >= 4 is 11.6 Å². The molecule has 1 aromatic rings. The van der Waals surface area contributed by atoms with Crippen LogP contribution in [0.3, 0.4) is 0 Å². The number of fused-ring (bicyclic) bond motifs is 1. The van der Waals surface area contributed by atoms with Crippen molar-refractivity contribution in [2.24, 2.45) is 0 Å². The van der Waals surface area contributed by atoms with Crippen molar-refractivity contribution in [1.29, 1.82) is 0 Å². The second-order valence-electron chi connectivity index (χ2n) is 6.03. The van der Waals surface area contributed by atoms with Crippen LogP contribution >= 0.6 is 0 Å². The molecule has 4 heteroatoms. The third-order valence-corrected chi connectivity index (χ3v) is 4.38. The van der Waals surface area contributed by atoms with Crippen molar-refractivity contribution in [1.82, 2.24) is 5.32 Å². The minimum Gasteiger partial charge on any atom is -0.477 e. The Hall–Kier alpha value is -1.71. The van der Waals surface area contributed by atoms with Crippen molar-refractivity contribution in [2.45, 2.75) is 57.1 Å². The summed E-state index contributed by atoms with van der Waals surface area (Å²) < 4.78 is 5.82. The molecule has 0 saturated heterocycles. The van der Waals surface area contributed by atoms with Crippen LogP contribution in [0.1, 0.15) is 44.9 Å². The van der Waals surface area contributed by atoms with E-state index >= 15 is 0 Å². The molecule has 3 rings (SSSR count). The van der Waals surface area contributed by atoms with E-state index in [1.54, 1.807) is 0 Å². The molecule has 0 bridgehead atoms. The summed E-state index contributed by atoms with van der Waals surface area (Å²) in [6.07, 6.45) is 8.14. The third kappa shape index (κ3) is 3.69. The summed E-state index contributed by atoms with van der Waals surface area (Å²) in [5.74, 6) is 0.782. The summed E-state index contributed by atoms with van der Waals surface area (Å²) in [6.45, 7) is 0.537. The maximum Gasteiger partial charge on any atom is 0.263 e. The molecule has 1 atom stereocenters. The highest BCUT2D eigenvalue weighted by atomic mass is 16.5. The van der Waals surface area contributed by atoms with Gasteiger partial charge in [0.05, 0.1) is 12.2 Å². The van der Waals surface area contributed by atoms with Gasteiger partial charge in [0, 0.05) is 6.04 Å². The number of anilines is 1. The first-order chi connectivity index (χ1) is 10.3. The fourth-order valence-electron chi connectivity index (χ4n) is 3.15. The Kier molecular flexibility index (Phi) is 4.63. The van der Waals surface area contributed by atoms with Gasteiger partial charge in [0.1, 0.15) is 5.75 Å². The lowest BCUT2D eigenvalue weighted by molar-refractivity contribution is -0.128. The number of hydrogen-bond donors (Lipinski definition) is 2. The predicted octanol–water partition coefficient (Wildman–Crippen LogP) is 3.09. The van der Waals surface area contributed by atoms with Crippen molar-refractivity contribution in [2.75, 3.05) is 11.9 Å². The minimum absolute atomic E-state index is 0.0163. The number of hydrogen-bond acceptors (Lipinski definition) is 3. The van der Waals surface area contributed by atoms with Crippen molar-refractivity contribution in [3.63, 3.8) is 0 Å². The van der Waals surface area contributed by atoms with Crippen molar-refractivity contribution in [3.8, 4) is 5.75 Å². The van der Waals surface area contributed by atoms with Gasteiger partial charge in [-0.05, 0) is 25.0 Å². The minimum atomic E-state index is -0.426. The molecule has 1 aliphatic carbocycles. The van der Waals surface area contributed by atoms with Gasteiger partial charge in [0.2, 0.25) is 0 Å². The summed E-state index contributed by atoms with van der Waals surface area (Å²) in [5.41, 5.74) is 0.965. The predicted molar refractivity (Wildman–Crippen MR) is 83.6 cm³/mol. The molecule has 1 fully saturated rings. The van der Waals surface area contributed by atoms with Crippen LogP contribution in [0.25, 0.3) is 0 Å². The molecule has 0 radical (unpaired) electrons. The maximum absolute atomic E-state index is 12.4. The highest BCUT2D eigenvalue weighted by Gasteiger charge is 2.27. The number of carbonyl (C=O) groups is 1. The lowest BCUT2D eigenvalue weighted by Crippen LogP contribution is -2.48. The van der Waals surface area contributed by atoms with Gasteiger partial charge in [-0.25, -0.2) is 0 Å². The molecule has 0 aromatic heterocycles. The zero-order chi connectivity index (χ0) is 14.5. The van der Waals surface area contributed by atoms with Crippen molar-refractivity contribution < 1.29 is 9.53 Å². The summed E-state index contributed by atoms with van der Waals surface area (Å²) in [4.78, 5) is 12.4. The Morgan fingerprint density at radius 2 is 1.81 bits per heavy atom. The van der Waals surface area contributed by atoms with E-state index in [2.05, 4.69) is 10.6 Å². The van der Waals surface area contributed by atoms with Crippen LogP contribution in [0.15, 0.2) is 24.3 Å². The summed E-state index contributed by atoms with van der Waals surface area (Å²) >= 11 is 0. The van der Waals surface area contributed by atoms with Gasteiger partial charge in [-0.1, -0.05) is 44.2 Å². The Morgan fingerprint density at radius 1 is 1.10 bits per heavy atom. The SMILES string of the molecule is O=C(NC1CCCCCCC1)C1CNc2ccccc2O1. The molecule has 2 N–H and O–H groups in total. The van der Waals surface area contributed by atoms with Crippen LogP contribution in [-0.2, 0) is 4.79 Å². The molecule has 1 heterocycles. The number of para-hydroxylation sites is 2. The second kappa shape index (κ2) is 6.83. The van der Waals surface area contributed by atoms with E-state index in [4.69, 9.17) is 4.74 Å². The molecule has 1 unspecified atom stereocenters. The van der Waals surface area contributed by atoms with E-state index in [1.807, 2.05) is 24.3 Å². The first-order valence-electron chi connectivity index (χ1n) is 8.13. The normalized spacial score (nSPS) is 23.0. The van der Waals surface area contributed by atoms with Crippen molar-refractivity contribution in [3.05, 3.63) is 24.3 Å². The molecule has 114 valence electrons. The van der Waals surface area contributed by atoms with Crippen LogP contribution in [0, 0.1) is 0 Å². The molecular weight excluding hydrogens is 264 g/mol. The molecule has 2 aliphatic rings. The molecule has 1 saturated carbocycles. The van der Waals surface area contributed by atoms with E-state index in [-0.39, 0.29) is 5.91 Å². The number of amides is 1. The van der Waals surface area contributed by atoms with Gasteiger partial charge in [-0.3, -0.25) is 4.79 Å². The topological polar surface area (TPSA) is 50.4 Å². The van der Waals surface area contributed by atoms with E-state index in [0.717, 1.165) is 24.3 Å². The van der Waals surface area contributed by atoms with Crippen LogP contribution in [0.2, 0.25) is 0 Å². The van der Waals surface area contributed by atoms with Crippen LogP contribution in [0.4, 0.5) is 5.69 Å². The molecule has 0 spiro atoms. The molecule has 1 aromatic carbocycles. The molecule has 1 aliphatic heterocycles.